The van der Waals surface area contributed by atoms with Crippen LogP contribution in [0.5, 0.6) is 0 Å². The molecule has 0 unspecified atom stereocenters. The molecule has 1 aliphatic heterocycles. The van der Waals surface area contributed by atoms with Gasteiger partial charge in [-0.25, -0.2) is 0 Å². The van der Waals surface area contributed by atoms with Crippen molar-refractivity contribution in [3.8, 4) is 0 Å². The summed E-state index contributed by atoms with van der Waals surface area (Å²) in [6.45, 7) is 2.06. The lowest BCUT2D eigenvalue weighted by Crippen LogP contribution is -2.51. The van der Waals surface area contributed by atoms with Crippen LogP contribution in [0.4, 0.5) is 5.69 Å². The quantitative estimate of drug-likeness (QED) is 0.575. The molecule has 2 nitrogen and oxygen atoms in total. The van der Waals surface area contributed by atoms with E-state index in [2.05, 4.69) is 6.92 Å². The fraction of sp³-hybridized carbons (Fsp3) is 0.300. The van der Waals surface area contributed by atoms with Gasteiger partial charge in [0.1, 0.15) is 0 Å². The molecule has 0 N–H and O–H groups in total. The molecule has 0 aliphatic carbocycles. The molecule has 1 saturated heterocycles. The summed E-state index contributed by atoms with van der Waals surface area (Å²) in [5, 5.41) is 0. The van der Waals surface area contributed by atoms with Crippen molar-refractivity contribution in [2.24, 2.45) is 0 Å². The highest BCUT2D eigenvalue weighted by molar-refractivity contribution is 6.00. The van der Waals surface area contributed by atoms with Crippen molar-refractivity contribution in [3.05, 3.63) is 30.3 Å². The molecule has 0 aromatic heterocycles. The second-order valence-corrected chi connectivity index (χ2v) is 3.15. The Bertz CT molecular complexity index is 294. The van der Waals surface area contributed by atoms with E-state index in [9.17, 15) is 4.79 Å². The number of carbonyl (C=O) groups excluding carboxylic acids is 1. The van der Waals surface area contributed by atoms with E-state index in [4.69, 9.17) is 0 Å². The van der Waals surface area contributed by atoms with E-state index < -0.39 is 0 Å². The molecule has 1 fully saturated rings. The molecular formula is C10H11NO. The largest absolute Gasteiger partial charge is 0.309 e. The summed E-state index contributed by atoms with van der Waals surface area (Å²) in [5.74, 6) is 0.230. The maximum atomic E-state index is 11.2. The molecule has 2 rings (SSSR count). The van der Waals surface area contributed by atoms with E-state index in [1.807, 2.05) is 35.2 Å². The van der Waals surface area contributed by atoms with Crippen LogP contribution in [-0.4, -0.2) is 11.9 Å². The van der Waals surface area contributed by atoms with Crippen LogP contribution < -0.4 is 4.90 Å². The molecule has 2 heteroatoms. The maximum absolute atomic E-state index is 11.2. The topological polar surface area (TPSA) is 20.3 Å². The molecule has 0 bridgehead atoms. The second-order valence-electron chi connectivity index (χ2n) is 3.15. The number of anilines is 1. The number of carbonyl (C=O) groups is 1. The molecule has 0 radical (unpaired) electrons. The van der Waals surface area contributed by atoms with Crippen LogP contribution in [0.2, 0.25) is 0 Å². The lowest BCUT2D eigenvalue weighted by molar-refractivity contribution is -0.123. The first kappa shape index (κ1) is 7.35. The number of rotatable bonds is 1. The first-order chi connectivity index (χ1) is 5.79. The Morgan fingerprint density at radius 3 is 2.50 bits per heavy atom. The number of hydrogen-bond acceptors (Lipinski definition) is 1. The van der Waals surface area contributed by atoms with Gasteiger partial charge in [-0.1, -0.05) is 18.2 Å². The van der Waals surface area contributed by atoms with Crippen molar-refractivity contribution in [2.75, 3.05) is 4.90 Å². The number of nitrogens with zero attached hydrogens (tertiary/aromatic N) is 1. The Balaban J connectivity index is 2.26. The minimum absolute atomic E-state index is 0.230. The Morgan fingerprint density at radius 2 is 2.00 bits per heavy atom. The van der Waals surface area contributed by atoms with Crippen LogP contribution in [0.3, 0.4) is 0 Å². The molecule has 62 valence electrons. The second kappa shape index (κ2) is 2.63. The van der Waals surface area contributed by atoms with Gasteiger partial charge in [-0.2, -0.15) is 0 Å². The predicted molar refractivity (Wildman–Crippen MR) is 48.0 cm³/mol. The molecule has 0 spiro atoms. The van der Waals surface area contributed by atoms with E-state index in [1.165, 1.54) is 0 Å². The molecule has 1 aliphatic rings. The zero-order chi connectivity index (χ0) is 8.55. The van der Waals surface area contributed by atoms with Gasteiger partial charge in [-0.3, -0.25) is 4.79 Å². The molecule has 12 heavy (non-hydrogen) atoms. The number of para-hydroxylation sites is 1. The predicted octanol–water partition coefficient (Wildman–Crippen LogP) is 1.81. The van der Waals surface area contributed by atoms with Gasteiger partial charge in [0.05, 0.1) is 0 Å². The molecule has 1 aromatic carbocycles. The summed E-state index contributed by atoms with van der Waals surface area (Å²) in [5.41, 5.74) is 1.02. The number of benzene rings is 1. The number of β-lactam (4-membered cyclic amide) rings is 1. The minimum atomic E-state index is 0.230. The van der Waals surface area contributed by atoms with Gasteiger partial charge in [-0.15, -0.1) is 0 Å². The van der Waals surface area contributed by atoms with Gasteiger partial charge < -0.3 is 4.90 Å². The fourth-order valence-electron chi connectivity index (χ4n) is 1.56. The summed E-state index contributed by atoms with van der Waals surface area (Å²) in [6, 6.07) is 10.2. The molecule has 1 atom stereocenters. The van der Waals surface area contributed by atoms with Crippen LogP contribution in [-0.2, 0) is 4.79 Å². The number of amides is 1. The summed E-state index contributed by atoms with van der Waals surface area (Å²) < 4.78 is 0. The Labute approximate surface area is 71.8 Å². The van der Waals surface area contributed by atoms with Crippen molar-refractivity contribution >= 4 is 11.6 Å². The normalized spacial score (nSPS) is 22.2. The van der Waals surface area contributed by atoms with Gasteiger partial charge in [0, 0.05) is 18.2 Å². The van der Waals surface area contributed by atoms with Gasteiger partial charge in [-0.05, 0) is 19.1 Å². The van der Waals surface area contributed by atoms with E-state index in [0.29, 0.717) is 12.5 Å². The Morgan fingerprint density at radius 1 is 1.33 bits per heavy atom. The zero-order valence-corrected chi connectivity index (χ0v) is 7.03. The monoisotopic (exact) mass is 161 g/mol. The highest BCUT2D eigenvalue weighted by Crippen LogP contribution is 2.26. The Kier molecular flexibility index (Phi) is 1.61. The van der Waals surface area contributed by atoms with E-state index in [-0.39, 0.29) is 5.91 Å². The third-order valence-electron chi connectivity index (χ3n) is 2.21. The third-order valence-corrected chi connectivity index (χ3v) is 2.21. The van der Waals surface area contributed by atoms with Crippen molar-refractivity contribution in [1.82, 2.24) is 0 Å². The Hall–Kier alpha value is -1.31. The minimum Gasteiger partial charge on any atom is -0.309 e. The molecule has 1 amide bonds. The average Bonchev–Trinajstić information content (AvgIpc) is 2.05. The molecule has 1 aromatic rings. The summed E-state index contributed by atoms with van der Waals surface area (Å²) in [7, 11) is 0. The van der Waals surface area contributed by atoms with Crippen molar-refractivity contribution in [3.63, 3.8) is 0 Å². The maximum Gasteiger partial charge on any atom is 0.229 e. The van der Waals surface area contributed by atoms with Crippen LogP contribution in [0.1, 0.15) is 13.3 Å². The van der Waals surface area contributed by atoms with E-state index in [1.54, 1.807) is 0 Å². The van der Waals surface area contributed by atoms with Gasteiger partial charge in [0.25, 0.3) is 0 Å². The highest BCUT2D eigenvalue weighted by Gasteiger charge is 2.32. The van der Waals surface area contributed by atoms with Crippen LogP contribution in [0, 0.1) is 0 Å². The van der Waals surface area contributed by atoms with Crippen LogP contribution >= 0.6 is 0 Å². The first-order valence-corrected chi connectivity index (χ1v) is 4.16. The summed E-state index contributed by atoms with van der Waals surface area (Å²) in [4.78, 5) is 13.0. The smallest absolute Gasteiger partial charge is 0.229 e. The average molecular weight is 161 g/mol. The zero-order valence-electron chi connectivity index (χ0n) is 7.03. The molecule has 1 heterocycles. The van der Waals surface area contributed by atoms with E-state index in [0.717, 1.165) is 5.69 Å². The standard InChI is InChI=1S/C10H11NO/c1-8-7-10(12)11(8)9-5-3-2-4-6-9/h2-6,8H,7H2,1H3/t8-/m1/s1. The van der Waals surface area contributed by atoms with Gasteiger partial charge in [0.15, 0.2) is 0 Å². The van der Waals surface area contributed by atoms with Gasteiger partial charge in [0.2, 0.25) is 5.91 Å². The van der Waals surface area contributed by atoms with Crippen molar-refractivity contribution in [1.29, 1.82) is 0 Å². The first-order valence-electron chi connectivity index (χ1n) is 4.16. The van der Waals surface area contributed by atoms with Gasteiger partial charge >= 0.3 is 0 Å². The lowest BCUT2D eigenvalue weighted by atomic mass is 10.0. The van der Waals surface area contributed by atoms with Crippen molar-refractivity contribution in [2.45, 2.75) is 19.4 Å². The summed E-state index contributed by atoms with van der Waals surface area (Å²) >= 11 is 0. The van der Waals surface area contributed by atoms with Crippen molar-refractivity contribution < 1.29 is 4.79 Å². The SMILES string of the molecule is C[C@@H]1CC(=O)N1c1ccccc1. The third kappa shape index (κ3) is 0.998. The molecule has 0 saturated carbocycles. The highest BCUT2D eigenvalue weighted by atomic mass is 16.2. The lowest BCUT2D eigenvalue weighted by Gasteiger charge is -2.38. The number of hydrogen-bond donors (Lipinski definition) is 0. The molecular weight excluding hydrogens is 150 g/mol. The fourth-order valence-corrected chi connectivity index (χ4v) is 1.56. The van der Waals surface area contributed by atoms with Crippen LogP contribution in [0.15, 0.2) is 30.3 Å². The summed E-state index contributed by atoms with van der Waals surface area (Å²) in [6.07, 6.45) is 0.689. The van der Waals surface area contributed by atoms with Crippen LogP contribution in [0.25, 0.3) is 0 Å². The van der Waals surface area contributed by atoms with E-state index >= 15 is 0 Å².